The highest BCUT2D eigenvalue weighted by atomic mass is 32.2. The Morgan fingerprint density at radius 3 is 2.36 bits per heavy atom. The van der Waals surface area contributed by atoms with Crippen molar-refractivity contribution in [3.8, 4) is 11.7 Å². The van der Waals surface area contributed by atoms with Crippen LogP contribution in [0.25, 0.3) is 17.0 Å². The van der Waals surface area contributed by atoms with E-state index < -0.39 is 27.4 Å². The van der Waals surface area contributed by atoms with Gasteiger partial charge in [-0.15, -0.1) is 5.10 Å². The van der Waals surface area contributed by atoms with Crippen molar-refractivity contribution in [1.82, 2.24) is 29.3 Å². The molecule has 10 nitrogen and oxygen atoms in total. The first-order chi connectivity index (χ1) is 13.3. The SMILES string of the molecule is CS(=O)(=O)N1CCN(c2cnc(-n3nnc4cc(F)c(O)c(F)c43)nc2)CC1. The van der Waals surface area contributed by atoms with E-state index in [0.717, 1.165) is 10.7 Å². The van der Waals surface area contributed by atoms with Crippen LogP contribution in [0.5, 0.6) is 5.75 Å². The lowest BCUT2D eigenvalue weighted by Gasteiger charge is -2.34. The first-order valence-electron chi connectivity index (χ1n) is 8.20. The van der Waals surface area contributed by atoms with E-state index in [1.54, 1.807) is 0 Å². The van der Waals surface area contributed by atoms with Gasteiger partial charge in [0.2, 0.25) is 10.0 Å². The van der Waals surface area contributed by atoms with Crippen LogP contribution < -0.4 is 4.90 Å². The number of piperazine rings is 1. The van der Waals surface area contributed by atoms with E-state index in [1.807, 2.05) is 4.90 Å². The van der Waals surface area contributed by atoms with Crippen LogP contribution in [0.1, 0.15) is 0 Å². The number of fused-ring (bicyclic) bond motifs is 1. The monoisotopic (exact) mass is 411 g/mol. The smallest absolute Gasteiger partial charge is 0.252 e. The molecule has 0 unspecified atom stereocenters. The molecule has 148 valence electrons. The highest BCUT2D eigenvalue weighted by Crippen LogP contribution is 2.28. The average molecular weight is 411 g/mol. The first kappa shape index (κ1) is 18.4. The fraction of sp³-hybridized carbons (Fsp3) is 0.333. The molecule has 0 spiro atoms. The third kappa shape index (κ3) is 3.11. The third-order valence-corrected chi connectivity index (χ3v) is 5.79. The summed E-state index contributed by atoms with van der Waals surface area (Å²) in [5, 5.41) is 16.9. The lowest BCUT2D eigenvalue weighted by Crippen LogP contribution is -2.48. The molecule has 3 aromatic rings. The third-order valence-electron chi connectivity index (χ3n) is 4.49. The number of phenolic OH excluding ortho intramolecular Hbond substituents is 1. The Balaban J connectivity index is 1.60. The highest BCUT2D eigenvalue weighted by molar-refractivity contribution is 7.88. The zero-order valence-electron chi connectivity index (χ0n) is 14.6. The van der Waals surface area contributed by atoms with Crippen molar-refractivity contribution >= 4 is 26.7 Å². The number of halogens is 2. The fourth-order valence-electron chi connectivity index (χ4n) is 3.01. The van der Waals surface area contributed by atoms with Crippen molar-refractivity contribution < 1.29 is 22.3 Å². The van der Waals surface area contributed by atoms with Crippen molar-refractivity contribution in [1.29, 1.82) is 0 Å². The topological polar surface area (TPSA) is 117 Å². The molecule has 0 amide bonds. The van der Waals surface area contributed by atoms with Gasteiger partial charge in [-0.2, -0.15) is 8.99 Å². The van der Waals surface area contributed by atoms with E-state index in [0.29, 0.717) is 31.9 Å². The van der Waals surface area contributed by atoms with Crippen molar-refractivity contribution in [2.45, 2.75) is 0 Å². The number of aromatic nitrogens is 5. The zero-order chi connectivity index (χ0) is 20.1. The minimum absolute atomic E-state index is 0.00840. The minimum atomic E-state index is -3.23. The molecule has 1 fully saturated rings. The van der Waals surface area contributed by atoms with Crippen LogP contribution in [0.3, 0.4) is 0 Å². The van der Waals surface area contributed by atoms with Crippen molar-refractivity contribution in [2.75, 3.05) is 37.3 Å². The van der Waals surface area contributed by atoms with E-state index in [9.17, 15) is 22.3 Å². The summed E-state index contributed by atoms with van der Waals surface area (Å²) in [6, 6.07) is 0.868. The number of sulfonamides is 1. The van der Waals surface area contributed by atoms with Gasteiger partial charge in [-0.25, -0.2) is 27.2 Å². The Morgan fingerprint density at radius 2 is 1.75 bits per heavy atom. The fourth-order valence-corrected chi connectivity index (χ4v) is 3.83. The van der Waals surface area contributed by atoms with Crippen molar-refractivity contribution in [3.63, 3.8) is 0 Å². The van der Waals surface area contributed by atoms with Crippen LogP contribution in [0.2, 0.25) is 0 Å². The molecule has 1 saturated heterocycles. The van der Waals surface area contributed by atoms with E-state index in [1.165, 1.54) is 23.0 Å². The van der Waals surface area contributed by atoms with Gasteiger partial charge in [0.25, 0.3) is 5.95 Å². The van der Waals surface area contributed by atoms with Gasteiger partial charge < -0.3 is 10.0 Å². The molecule has 1 N–H and O–H groups in total. The maximum Gasteiger partial charge on any atom is 0.252 e. The summed E-state index contributed by atoms with van der Waals surface area (Å²) in [6.07, 6.45) is 4.16. The summed E-state index contributed by atoms with van der Waals surface area (Å²) >= 11 is 0. The maximum absolute atomic E-state index is 14.2. The Labute approximate surface area is 158 Å². The highest BCUT2D eigenvalue weighted by Gasteiger charge is 2.24. The van der Waals surface area contributed by atoms with Crippen LogP contribution in [-0.2, 0) is 10.0 Å². The molecule has 1 aromatic carbocycles. The second-order valence-electron chi connectivity index (χ2n) is 6.28. The zero-order valence-corrected chi connectivity index (χ0v) is 15.4. The largest absolute Gasteiger partial charge is 0.503 e. The van der Waals surface area contributed by atoms with Gasteiger partial charge in [0.05, 0.1) is 24.3 Å². The number of anilines is 1. The molecule has 0 bridgehead atoms. The number of aromatic hydroxyl groups is 1. The number of phenols is 1. The second kappa shape index (κ2) is 6.60. The average Bonchev–Trinajstić information content (AvgIpc) is 3.09. The van der Waals surface area contributed by atoms with Crippen molar-refractivity contribution in [2.24, 2.45) is 0 Å². The maximum atomic E-state index is 14.2. The number of hydrogen-bond acceptors (Lipinski definition) is 8. The van der Waals surface area contributed by atoms with E-state index in [2.05, 4.69) is 20.3 Å². The summed E-state index contributed by atoms with van der Waals surface area (Å²) in [6.45, 7) is 1.66. The van der Waals surface area contributed by atoms with Gasteiger partial charge in [-0.1, -0.05) is 5.21 Å². The summed E-state index contributed by atoms with van der Waals surface area (Å²) in [4.78, 5) is 10.2. The lowest BCUT2D eigenvalue weighted by molar-refractivity contribution is 0.388. The molecule has 2 aromatic heterocycles. The Bertz CT molecular complexity index is 1140. The lowest BCUT2D eigenvalue weighted by atomic mass is 10.2. The first-order valence-corrected chi connectivity index (χ1v) is 10.1. The molecule has 3 heterocycles. The van der Waals surface area contributed by atoms with E-state index >= 15 is 0 Å². The summed E-state index contributed by atoms with van der Waals surface area (Å²) in [5.41, 5.74) is 0.335. The molecule has 4 rings (SSSR count). The van der Waals surface area contributed by atoms with Gasteiger partial charge in [0.15, 0.2) is 17.4 Å². The Morgan fingerprint density at radius 1 is 1.11 bits per heavy atom. The molecule has 28 heavy (non-hydrogen) atoms. The Kier molecular flexibility index (Phi) is 4.34. The molecule has 0 radical (unpaired) electrons. The number of hydrogen-bond donors (Lipinski definition) is 1. The quantitative estimate of drug-likeness (QED) is 0.653. The molecular formula is C15H15F2N7O3S. The number of benzene rings is 1. The number of nitrogens with zero attached hydrogens (tertiary/aromatic N) is 7. The minimum Gasteiger partial charge on any atom is -0.503 e. The Hall–Kier alpha value is -2.93. The van der Waals surface area contributed by atoms with E-state index in [-0.39, 0.29) is 17.0 Å². The van der Waals surface area contributed by atoms with Crippen LogP contribution in [0, 0.1) is 11.6 Å². The molecule has 0 aliphatic carbocycles. The van der Waals surface area contributed by atoms with Gasteiger partial charge in [0.1, 0.15) is 11.0 Å². The summed E-state index contributed by atoms with van der Waals surface area (Å²) in [7, 11) is -3.23. The molecule has 1 aliphatic heterocycles. The molecule has 0 atom stereocenters. The predicted octanol–water partition coefficient (Wildman–Crippen LogP) is 0.276. The van der Waals surface area contributed by atoms with Gasteiger partial charge >= 0.3 is 0 Å². The summed E-state index contributed by atoms with van der Waals surface area (Å²) in [5.74, 6) is -3.48. The summed E-state index contributed by atoms with van der Waals surface area (Å²) < 4.78 is 53.2. The second-order valence-corrected chi connectivity index (χ2v) is 8.26. The van der Waals surface area contributed by atoms with Gasteiger partial charge in [-0.3, -0.25) is 0 Å². The van der Waals surface area contributed by atoms with Crippen molar-refractivity contribution in [3.05, 3.63) is 30.1 Å². The normalized spacial score (nSPS) is 16.0. The standard InChI is InChI=1S/C15H15F2N7O3S/c1-28(26,27)23-4-2-22(3-5-23)9-7-18-15(19-8-9)24-13-11(20-21-24)6-10(16)14(25)12(13)17/h6-8,25H,2-5H2,1H3. The van der Waals surface area contributed by atoms with Gasteiger partial charge in [0, 0.05) is 32.2 Å². The molecular weight excluding hydrogens is 396 g/mol. The number of rotatable bonds is 3. The van der Waals surface area contributed by atoms with E-state index in [4.69, 9.17) is 0 Å². The molecule has 0 saturated carbocycles. The molecule has 13 heteroatoms. The van der Waals surface area contributed by atoms with Crippen LogP contribution in [0.4, 0.5) is 14.5 Å². The van der Waals surface area contributed by atoms with Crippen LogP contribution >= 0.6 is 0 Å². The van der Waals surface area contributed by atoms with Crippen LogP contribution in [0.15, 0.2) is 18.5 Å². The predicted molar refractivity (Wildman–Crippen MR) is 94.7 cm³/mol. The molecule has 1 aliphatic rings. The van der Waals surface area contributed by atoms with Crippen LogP contribution in [-0.4, -0.2) is 75.2 Å². The van der Waals surface area contributed by atoms with Gasteiger partial charge in [-0.05, 0) is 0 Å².